The maximum atomic E-state index is 10.5. The number of benzene rings is 1. The van der Waals surface area contributed by atoms with Gasteiger partial charge >= 0.3 is 6.16 Å². The van der Waals surface area contributed by atoms with Gasteiger partial charge in [-0.2, -0.15) is 5.26 Å². The molecule has 1 aromatic carbocycles. The topological polar surface area (TPSA) is 82.7 Å². The summed E-state index contributed by atoms with van der Waals surface area (Å²) in [6, 6.07) is 3.14. The third-order valence-electron chi connectivity index (χ3n) is 1.80. The third-order valence-corrected chi connectivity index (χ3v) is 2.43. The lowest BCUT2D eigenvalue weighted by atomic mass is 10.2. The molecule has 94 valence electrons. The zero-order valence-corrected chi connectivity index (χ0v) is 11.0. The number of hydrogen-bond donors (Lipinski definition) is 1. The van der Waals surface area contributed by atoms with Crippen molar-refractivity contribution < 1.29 is 14.6 Å². The Labute approximate surface area is 113 Å². The third kappa shape index (κ3) is 3.13. The van der Waals surface area contributed by atoms with Gasteiger partial charge in [0.1, 0.15) is 16.8 Å². The summed E-state index contributed by atoms with van der Waals surface area (Å²) in [5, 5.41) is 17.4. The minimum absolute atomic E-state index is 0.0633. The summed E-state index contributed by atoms with van der Waals surface area (Å²) >= 11 is 11.7. The molecule has 0 heterocycles. The number of ether oxygens (including phenoxy) is 1. The van der Waals surface area contributed by atoms with Gasteiger partial charge in [0.15, 0.2) is 5.75 Å². The van der Waals surface area contributed by atoms with Crippen molar-refractivity contribution >= 4 is 40.8 Å². The second-order valence-electron chi connectivity index (χ2n) is 3.44. The van der Waals surface area contributed by atoms with E-state index in [-0.39, 0.29) is 27.0 Å². The van der Waals surface area contributed by atoms with Crippen LogP contribution in [-0.4, -0.2) is 17.0 Å². The summed E-state index contributed by atoms with van der Waals surface area (Å²) < 4.78 is 4.47. The molecule has 0 unspecified atom stereocenters. The Morgan fingerprint density at radius 3 is 2.56 bits per heavy atom. The molecule has 0 saturated carbocycles. The first-order valence-electron chi connectivity index (χ1n) is 4.71. The van der Waals surface area contributed by atoms with Crippen molar-refractivity contribution in [2.24, 2.45) is 4.99 Å². The highest BCUT2D eigenvalue weighted by molar-refractivity contribution is 6.39. The summed E-state index contributed by atoms with van der Waals surface area (Å²) in [6.45, 7) is 3.42. The predicted molar refractivity (Wildman–Crippen MR) is 68.3 cm³/mol. The summed E-state index contributed by atoms with van der Waals surface area (Å²) in [5.74, 6) is -0.232. The standard InChI is InChI=1S/C11H8Cl2N2O3/c1-5(2)15-9-6(4-14)3-7(12)10(8(9)13)18-11(16)17/h3H,1-2H3,(H,16,17). The molecule has 1 rings (SSSR count). The van der Waals surface area contributed by atoms with Crippen LogP contribution in [-0.2, 0) is 0 Å². The Morgan fingerprint density at radius 2 is 2.11 bits per heavy atom. The molecule has 0 aromatic heterocycles. The first-order valence-corrected chi connectivity index (χ1v) is 5.47. The van der Waals surface area contributed by atoms with E-state index in [0.29, 0.717) is 5.71 Å². The average molecular weight is 287 g/mol. The molecule has 0 atom stereocenters. The van der Waals surface area contributed by atoms with Crippen LogP contribution in [0.4, 0.5) is 10.5 Å². The number of rotatable bonds is 2. The van der Waals surface area contributed by atoms with Gasteiger partial charge in [0.05, 0.1) is 10.6 Å². The van der Waals surface area contributed by atoms with Crippen molar-refractivity contribution in [2.45, 2.75) is 13.8 Å². The Balaban J connectivity index is 3.54. The smallest absolute Gasteiger partial charge is 0.449 e. The molecule has 1 aromatic rings. The van der Waals surface area contributed by atoms with Gasteiger partial charge in [0.25, 0.3) is 0 Å². The minimum atomic E-state index is -1.55. The monoisotopic (exact) mass is 286 g/mol. The summed E-state index contributed by atoms with van der Waals surface area (Å²) in [7, 11) is 0. The van der Waals surface area contributed by atoms with Crippen LogP contribution in [0.15, 0.2) is 11.1 Å². The fourth-order valence-electron chi connectivity index (χ4n) is 1.19. The van der Waals surface area contributed by atoms with Crippen molar-refractivity contribution in [3.8, 4) is 11.8 Å². The summed E-state index contributed by atoms with van der Waals surface area (Å²) in [5.41, 5.74) is 0.931. The molecule has 5 nitrogen and oxygen atoms in total. The van der Waals surface area contributed by atoms with Gasteiger partial charge < -0.3 is 9.84 Å². The van der Waals surface area contributed by atoms with Crippen molar-refractivity contribution in [3.63, 3.8) is 0 Å². The molecule has 0 aliphatic rings. The van der Waals surface area contributed by atoms with E-state index in [1.54, 1.807) is 13.8 Å². The molecule has 0 saturated heterocycles. The van der Waals surface area contributed by atoms with Crippen LogP contribution < -0.4 is 4.74 Å². The molecule has 0 aliphatic carbocycles. The summed E-state index contributed by atoms with van der Waals surface area (Å²) in [6.07, 6.45) is -1.55. The highest BCUT2D eigenvalue weighted by Gasteiger charge is 2.19. The number of carbonyl (C=O) groups is 1. The van der Waals surface area contributed by atoms with E-state index in [1.807, 2.05) is 6.07 Å². The van der Waals surface area contributed by atoms with Gasteiger partial charge in [-0.25, -0.2) is 4.79 Å². The van der Waals surface area contributed by atoms with E-state index < -0.39 is 6.16 Å². The number of nitrogens with zero attached hydrogens (tertiary/aromatic N) is 2. The van der Waals surface area contributed by atoms with E-state index >= 15 is 0 Å². The molecule has 0 fully saturated rings. The van der Waals surface area contributed by atoms with Crippen molar-refractivity contribution in [1.82, 2.24) is 0 Å². The highest BCUT2D eigenvalue weighted by atomic mass is 35.5. The molecular formula is C11H8Cl2N2O3. The maximum absolute atomic E-state index is 10.5. The number of halogens is 2. The predicted octanol–water partition coefficient (Wildman–Crippen LogP) is 4.03. The van der Waals surface area contributed by atoms with Crippen molar-refractivity contribution in [3.05, 3.63) is 21.7 Å². The van der Waals surface area contributed by atoms with Gasteiger partial charge in [0, 0.05) is 5.71 Å². The fourth-order valence-corrected chi connectivity index (χ4v) is 1.77. The zero-order valence-electron chi connectivity index (χ0n) is 9.49. The van der Waals surface area contributed by atoms with Gasteiger partial charge in [-0.05, 0) is 19.9 Å². The first kappa shape index (κ1) is 14.3. The molecule has 0 spiro atoms. The Bertz CT molecular complexity index is 573. The van der Waals surface area contributed by atoms with Crippen LogP contribution in [0.25, 0.3) is 0 Å². The van der Waals surface area contributed by atoms with E-state index in [9.17, 15) is 4.79 Å². The fraction of sp³-hybridized carbons (Fsp3) is 0.182. The lowest BCUT2D eigenvalue weighted by molar-refractivity contribution is 0.144. The van der Waals surface area contributed by atoms with Crippen LogP contribution in [0, 0.1) is 11.3 Å². The van der Waals surface area contributed by atoms with Crippen molar-refractivity contribution in [2.75, 3.05) is 0 Å². The summed E-state index contributed by atoms with van der Waals surface area (Å²) in [4.78, 5) is 14.6. The highest BCUT2D eigenvalue weighted by Crippen LogP contribution is 2.42. The number of aliphatic imine (C=N–C) groups is 1. The minimum Gasteiger partial charge on any atom is -0.449 e. The number of nitriles is 1. The molecule has 0 bridgehead atoms. The Hall–Kier alpha value is -1.77. The molecule has 0 amide bonds. The van der Waals surface area contributed by atoms with E-state index in [2.05, 4.69) is 9.73 Å². The quantitative estimate of drug-likeness (QED) is 0.505. The Kier molecular flexibility index (Phi) is 4.54. The lowest BCUT2D eigenvalue weighted by Gasteiger charge is -2.09. The number of hydrogen-bond acceptors (Lipinski definition) is 4. The Morgan fingerprint density at radius 1 is 1.50 bits per heavy atom. The van der Waals surface area contributed by atoms with Crippen LogP contribution in [0.5, 0.6) is 5.75 Å². The van der Waals surface area contributed by atoms with Gasteiger partial charge in [-0.3, -0.25) is 4.99 Å². The molecular weight excluding hydrogens is 279 g/mol. The average Bonchev–Trinajstić information content (AvgIpc) is 2.27. The largest absolute Gasteiger partial charge is 0.511 e. The SMILES string of the molecule is CC(C)=Nc1c(C#N)cc(Cl)c(OC(=O)O)c1Cl. The van der Waals surface area contributed by atoms with E-state index in [0.717, 1.165) is 0 Å². The van der Waals surface area contributed by atoms with E-state index in [4.69, 9.17) is 33.6 Å². The van der Waals surface area contributed by atoms with Gasteiger partial charge in [0.2, 0.25) is 0 Å². The number of carboxylic acid groups (broad SMARTS) is 1. The van der Waals surface area contributed by atoms with Crippen LogP contribution in [0.3, 0.4) is 0 Å². The van der Waals surface area contributed by atoms with Crippen LogP contribution >= 0.6 is 23.2 Å². The van der Waals surface area contributed by atoms with Crippen LogP contribution in [0.1, 0.15) is 19.4 Å². The second kappa shape index (κ2) is 5.71. The lowest BCUT2D eigenvalue weighted by Crippen LogP contribution is -2.04. The van der Waals surface area contributed by atoms with Gasteiger partial charge in [-0.15, -0.1) is 0 Å². The van der Waals surface area contributed by atoms with Crippen LogP contribution in [0.2, 0.25) is 10.0 Å². The zero-order chi connectivity index (χ0) is 13.9. The molecule has 1 N–H and O–H groups in total. The van der Waals surface area contributed by atoms with Gasteiger partial charge in [-0.1, -0.05) is 23.2 Å². The maximum Gasteiger partial charge on any atom is 0.511 e. The van der Waals surface area contributed by atoms with Crippen molar-refractivity contribution in [1.29, 1.82) is 5.26 Å². The second-order valence-corrected chi connectivity index (χ2v) is 4.22. The molecule has 0 radical (unpaired) electrons. The molecule has 7 heteroatoms. The van der Waals surface area contributed by atoms with E-state index in [1.165, 1.54) is 6.07 Å². The molecule has 18 heavy (non-hydrogen) atoms. The normalized spacial score (nSPS) is 9.50. The molecule has 0 aliphatic heterocycles. The first-order chi connectivity index (χ1) is 8.36.